The Bertz CT molecular complexity index is 1060. The van der Waals surface area contributed by atoms with Crippen molar-refractivity contribution < 1.29 is 9.59 Å². The number of fused-ring (bicyclic) bond motifs is 1. The van der Waals surface area contributed by atoms with Crippen molar-refractivity contribution in [3.63, 3.8) is 0 Å². The van der Waals surface area contributed by atoms with Gasteiger partial charge in [0.15, 0.2) is 0 Å². The summed E-state index contributed by atoms with van der Waals surface area (Å²) < 4.78 is 1.63. The molecule has 0 unspecified atom stereocenters. The lowest BCUT2D eigenvalue weighted by Gasteiger charge is -2.24. The van der Waals surface area contributed by atoms with Gasteiger partial charge >= 0.3 is 0 Å². The fourth-order valence-corrected chi connectivity index (χ4v) is 3.64. The maximum atomic E-state index is 12.9. The minimum Gasteiger partial charge on any atom is -0.326 e. The number of nitrogens with zero attached hydrogens (tertiary/aromatic N) is 2. The zero-order chi connectivity index (χ0) is 19.7. The van der Waals surface area contributed by atoms with Gasteiger partial charge in [-0.15, -0.1) is 0 Å². The summed E-state index contributed by atoms with van der Waals surface area (Å²) in [6.45, 7) is 0.351. The summed E-state index contributed by atoms with van der Waals surface area (Å²) >= 11 is 12.3. The predicted octanol–water partition coefficient (Wildman–Crippen LogP) is 4.30. The van der Waals surface area contributed by atoms with Gasteiger partial charge in [0, 0.05) is 18.2 Å². The number of carbonyl (C=O) groups is 2. The molecule has 1 aromatic heterocycles. The van der Waals surface area contributed by atoms with Gasteiger partial charge in [-0.25, -0.2) is 4.68 Å². The maximum absolute atomic E-state index is 12.9. The normalized spacial score (nSPS) is 15.6. The third kappa shape index (κ3) is 3.61. The van der Waals surface area contributed by atoms with E-state index in [9.17, 15) is 9.59 Å². The Labute approximate surface area is 171 Å². The molecule has 0 saturated carbocycles. The molecule has 8 heteroatoms. The fraction of sp³-hybridized carbons (Fsp3) is 0.150. The molecule has 0 aliphatic carbocycles. The quantitative estimate of drug-likeness (QED) is 0.667. The zero-order valence-corrected chi connectivity index (χ0v) is 16.2. The highest BCUT2D eigenvalue weighted by Gasteiger charge is 2.30. The molecule has 142 valence electrons. The minimum absolute atomic E-state index is 0.0944. The van der Waals surface area contributed by atoms with Crippen molar-refractivity contribution in [3.8, 4) is 0 Å². The minimum atomic E-state index is -0.567. The molecule has 0 saturated heterocycles. The molecule has 0 bridgehead atoms. The van der Waals surface area contributed by atoms with Crippen LogP contribution in [-0.4, -0.2) is 21.6 Å². The molecule has 0 radical (unpaired) electrons. The van der Waals surface area contributed by atoms with Crippen LogP contribution >= 0.6 is 23.2 Å². The van der Waals surface area contributed by atoms with E-state index < -0.39 is 5.92 Å². The van der Waals surface area contributed by atoms with E-state index in [-0.39, 0.29) is 18.2 Å². The van der Waals surface area contributed by atoms with Crippen molar-refractivity contribution in [2.45, 2.75) is 18.9 Å². The highest BCUT2D eigenvalue weighted by molar-refractivity contribution is 6.42. The molecule has 1 aliphatic heterocycles. The van der Waals surface area contributed by atoms with E-state index in [2.05, 4.69) is 15.7 Å². The summed E-state index contributed by atoms with van der Waals surface area (Å²) in [5, 5.41) is 10.9. The molecule has 1 atom stereocenters. The number of amides is 2. The third-order valence-electron chi connectivity index (χ3n) is 4.64. The summed E-state index contributed by atoms with van der Waals surface area (Å²) in [6, 6.07) is 14.4. The Morgan fingerprint density at radius 2 is 2.00 bits per heavy atom. The third-order valence-corrected chi connectivity index (χ3v) is 5.49. The molecule has 1 aliphatic rings. The molecule has 2 aromatic carbocycles. The van der Waals surface area contributed by atoms with Crippen LogP contribution in [0.5, 0.6) is 0 Å². The summed E-state index contributed by atoms with van der Waals surface area (Å²) in [4.78, 5) is 24.9. The van der Waals surface area contributed by atoms with Gasteiger partial charge in [-0.1, -0.05) is 53.5 Å². The monoisotopic (exact) mass is 414 g/mol. The zero-order valence-electron chi connectivity index (χ0n) is 14.7. The summed E-state index contributed by atoms with van der Waals surface area (Å²) in [7, 11) is 0. The van der Waals surface area contributed by atoms with Crippen LogP contribution in [0.2, 0.25) is 10.0 Å². The lowest BCUT2D eigenvalue weighted by atomic mass is 9.90. The number of anilines is 2. The van der Waals surface area contributed by atoms with Gasteiger partial charge in [-0.2, -0.15) is 5.10 Å². The first-order chi connectivity index (χ1) is 13.5. The first-order valence-corrected chi connectivity index (χ1v) is 9.43. The van der Waals surface area contributed by atoms with Gasteiger partial charge in [0.1, 0.15) is 5.82 Å². The molecular formula is C20H16Cl2N4O2. The predicted molar refractivity (Wildman–Crippen MR) is 109 cm³/mol. The van der Waals surface area contributed by atoms with Crippen LogP contribution in [-0.2, 0) is 16.1 Å². The van der Waals surface area contributed by atoms with Crippen LogP contribution in [0.1, 0.15) is 23.5 Å². The van der Waals surface area contributed by atoms with E-state index in [0.29, 0.717) is 28.1 Å². The van der Waals surface area contributed by atoms with E-state index in [1.807, 2.05) is 30.3 Å². The lowest BCUT2D eigenvalue weighted by molar-refractivity contribution is -0.123. The molecule has 2 heterocycles. The summed E-state index contributed by atoms with van der Waals surface area (Å²) in [6.07, 6.45) is 1.69. The molecule has 6 nitrogen and oxygen atoms in total. The van der Waals surface area contributed by atoms with Crippen LogP contribution in [0.3, 0.4) is 0 Å². The van der Waals surface area contributed by atoms with Crippen molar-refractivity contribution in [3.05, 3.63) is 75.9 Å². The number of para-hydroxylation sites is 1. The Morgan fingerprint density at radius 1 is 1.18 bits per heavy atom. The molecule has 28 heavy (non-hydrogen) atoms. The van der Waals surface area contributed by atoms with E-state index in [1.165, 1.54) is 0 Å². The summed E-state index contributed by atoms with van der Waals surface area (Å²) in [5.74, 6) is -0.494. The number of nitrogens with one attached hydrogen (secondary N) is 2. The molecule has 3 aromatic rings. The topological polar surface area (TPSA) is 76.0 Å². The average Bonchev–Trinajstić information content (AvgIpc) is 3.11. The van der Waals surface area contributed by atoms with Crippen molar-refractivity contribution in [2.24, 2.45) is 0 Å². The largest absolute Gasteiger partial charge is 0.326 e. The number of carbonyl (C=O) groups excluding carboxylic acids is 2. The molecular weight excluding hydrogens is 399 g/mol. The van der Waals surface area contributed by atoms with Crippen molar-refractivity contribution in [1.29, 1.82) is 0 Å². The fourth-order valence-electron chi connectivity index (χ4n) is 3.26. The Balaban J connectivity index is 1.56. The van der Waals surface area contributed by atoms with Crippen molar-refractivity contribution in [2.75, 3.05) is 10.6 Å². The molecule has 4 rings (SSSR count). The van der Waals surface area contributed by atoms with Crippen LogP contribution in [0.4, 0.5) is 11.5 Å². The van der Waals surface area contributed by atoms with Crippen molar-refractivity contribution >= 4 is 46.5 Å². The molecule has 0 fully saturated rings. The molecule has 0 spiro atoms. The average molecular weight is 415 g/mol. The van der Waals surface area contributed by atoms with Crippen LogP contribution < -0.4 is 10.6 Å². The Morgan fingerprint density at radius 3 is 2.86 bits per heavy atom. The number of rotatable bonds is 4. The lowest BCUT2D eigenvalue weighted by Crippen LogP contribution is -2.31. The number of halogens is 2. The Kier molecular flexibility index (Phi) is 5.07. The van der Waals surface area contributed by atoms with Crippen LogP contribution in [0.15, 0.2) is 54.7 Å². The van der Waals surface area contributed by atoms with E-state index in [1.54, 1.807) is 29.1 Å². The maximum Gasteiger partial charge on any atom is 0.233 e. The smallest absolute Gasteiger partial charge is 0.233 e. The van der Waals surface area contributed by atoms with E-state index >= 15 is 0 Å². The highest BCUT2D eigenvalue weighted by atomic mass is 35.5. The second kappa shape index (κ2) is 7.66. The second-order valence-corrected chi connectivity index (χ2v) is 7.25. The standard InChI is InChI=1S/C20H16Cl2N4O2/c21-15-6-3-4-12(19(15)22)11-26-17(8-9-23-26)25-20(28)14-10-18(27)24-16-7-2-1-5-13(14)16/h1-9,14H,10-11H2,(H,24,27)(H,25,28)/t14-/m0/s1. The van der Waals surface area contributed by atoms with Gasteiger partial charge in [0.2, 0.25) is 11.8 Å². The second-order valence-electron chi connectivity index (χ2n) is 6.47. The van der Waals surface area contributed by atoms with Gasteiger partial charge in [0.05, 0.1) is 28.7 Å². The van der Waals surface area contributed by atoms with Gasteiger partial charge < -0.3 is 10.6 Å². The van der Waals surface area contributed by atoms with E-state index in [0.717, 1.165) is 11.1 Å². The highest BCUT2D eigenvalue weighted by Crippen LogP contribution is 2.33. The van der Waals surface area contributed by atoms with Gasteiger partial charge in [-0.3, -0.25) is 9.59 Å². The first kappa shape index (κ1) is 18.5. The van der Waals surface area contributed by atoms with Crippen LogP contribution in [0.25, 0.3) is 0 Å². The van der Waals surface area contributed by atoms with E-state index in [4.69, 9.17) is 23.2 Å². The summed E-state index contributed by atoms with van der Waals surface area (Å²) in [5.41, 5.74) is 2.25. The number of aromatic nitrogens is 2. The Hall–Kier alpha value is -2.83. The van der Waals surface area contributed by atoms with Gasteiger partial charge in [-0.05, 0) is 23.3 Å². The molecule has 2 N–H and O–H groups in total. The molecule has 2 amide bonds. The number of benzene rings is 2. The van der Waals surface area contributed by atoms with Crippen molar-refractivity contribution in [1.82, 2.24) is 9.78 Å². The van der Waals surface area contributed by atoms with Gasteiger partial charge in [0.25, 0.3) is 0 Å². The number of hydrogen-bond acceptors (Lipinski definition) is 3. The first-order valence-electron chi connectivity index (χ1n) is 8.67. The SMILES string of the molecule is O=C1C[C@H](C(=O)Nc2ccnn2Cc2cccc(Cl)c2Cl)c2ccccc2N1. The van der Waals surface area contributed by atoms with Crippen LogP contribution in [0, 0.1) is 0 Å². The number of hydrogen-bond donors (Lipinski definition) is 2.